The van der Waals surface area contributed by atoms with Crippen LogP contribution in [-0.2, 0) is 0 Å². The lowest BCUT2D eigenvalue weighted by molar-refractivity contribution is 0.452. The van der Waals surface area contributed by atoms with E-state index in [1.165, 1.54) is 22.2 Å². The minimum absolute atomic E-state index is 0.519. The predicted molar refractivity (Wildman–Crippen MR) is 122 cm³/mol. The summed E-state index contributed by atoms with van der Waals surface area (Å²) in [4.78, 5) is 0. The van der Waals surface area contributed by atoms with Crippen molar-refractivity contribution >= 4 is 16.6 Å². The van der Waals surface area contributed by atoms with Gasteiger partial charge in [0.2, 0.25) is 0 Å². The van der Waals surface area contributed by atoms with Crippen LogP contribution in [0.4, 0.5) is 0 Å². The molecule has 0 radical (unpaired) electrons. The zero-order valence-electron chi connectivity index (χ0n) is 17.6. The fourth-order valence-corrected chi connectivity index (χ4v) is 29.3. The van der Waals surface area contributed by atoms with Crippen molar-refractivity contribution in [2.75, 3.05) is 0 Å². The Morgan fingerprint density at radius 3 is 0.654 bits per heavy atom. The molecule has 0 N–H and O–H groups in total. The second-order valence-corrected chi connectivity index (χ2v) is 21.4. The van der Waals surface area contributed by atoms with Crippen LogP contribution in [0, 0.1) is 0 Å². The molecule has 0 amide bonds. The van der Waals surface area contributed by atoms with Gasteiger partial charge in [-0.05, 0) is 22.2 Å². The Kier molecular flexibility index (Phi) is 7.80. The van der Waals surface area contributed by atoms with E-state index in [9.17, 15) is 0 Å². The van der Waals surface area contributed by atoms with Gasteiger partial charge < -0.3 is 0 Å². The molecule has 4 aliphatic carbocycles. The molecule has 0 aromatic carbocycles. The summed E-state index contributed by atoms with van der Waals surface area (Å²) in [6.45, 7) is 0. The molecule has 0 bridgehead atoms. The molecule has 0 atom stereocenters. The first kappa shape index (κ1) is 19.7. The fraction of sp³-hybridized carbons (Fsp3) is 1.00. The van der Waals surface area contributed by atoms with E-state index in [-0.39, 0.29) is 0 Å². The summed E-state index contributed by atoms with van der Waals surface area (Å²) < 4.78 is 0. The molecular formula is C24H46Si2. The summed E-state index contributed by atoms with van der Waals surface area (Å²) in [5.41, 5.74) is 5.25. The first-order valence-electron chi connectivity index (χ1n) is 12.9. The average molecular weight is 391 g/mol. The van der Waals surface area contributed by atoms with Gasteiger partial charge >= 0.3 is 0 Å². The lowest BCUT2D eigenvalue weighted by Gasteiger charge is -2.48. The molecule has 0 aromatic rings. The van der Waals surface area contributed by atoms with Gasteiger partial charge in [-0.25, -0.2) is 0 Å². The molecule has 4 saturated carbocycles. The summed E-state index contributed by atoms with van der Waals surface area (Å²) >= 11 is 0. The first-order valence-corrected chi connectivity index (χ1v) is 18.3. The highest BCUT2D eigenvalue weighted by Gasteiger charge is 2.45. The van der Waals surface area contributed by atoms with Crippen LogP contribution in [0.5, 0.6) is 0 Å². The molecule has 2 heteroatoms. The molecule has 0 aliphatic heterocycles. The highest BCUT2D eigenvalue weighted by Crippen LogP contribution is 2.50. The molecule has 0 unspecified atom stereocenters. The van der Waals surface area contributed by atoms with Gasteiger partial charge in [0, 0.05) is 16.6 Å². The van der Waals surface area contributed by atoms with Gasteiger partial charge in [-0.2, -0.15) is 0 Å². The minimum atomic E-state index is -0.519. The van der Waals surface area contributed by atoms with Gasteiger partial charge in [-0.1, -0.05) is 128 Å². The quantitative estimate of drug-likeness (QED) is 0.419. The van der Waals surface area contributed by atoms with Crippen molar-refractivity contribution < 1.29 is 0 Å². The van der Waals surface area contributed by atoms with Crippen LogP contribution < -0.4 is 0 Å². The maximum absolute atomic E-state index is 1.69. The van der Waals surface area contributed by atoms with Crippen molar-refractivity contribution in [3.63, 3.8) is 0 Å². The van der Waals surface area contributed by atoms with E-state index in [1.54, 1.807) is 128 Å². The molecular weight excluding hydrogens is 344 g/mol. The molecule has 4 aliphatic rings. The molecule has 26 heavy (non-hydrogen) atoms. The summed E-state index contributed by atoms with van der Waals surface area (Å²) in [7, 11) is -1.04. The van der Waals surface area contributed by atoms with E-state index in [2.05, 4.69) is 0 Å². The zero-order chi connectivity index (χ0) is 17.6. The third kappa shape index (κ3) is 4.88. The summed E-state index contributed by atoms with van der Waals surface area (Å²) in [6, 6.07) is 0. The molecule has 0 nitrogen and oxygen atoms in total. The van der Waals surface area contributed by atoms with E-state index in [4.69, 9.17) is 0 Å². The second kappa shape index (κ2) is 10.3. The van der Waals surface area contributed by atoms with Crippen LogP contribution in [0.25, 0.3) is 0 Å². The minimum Gasteiger partial charge on any atom is -0.0533 e. The Hall–Kier alpha value is 0.434. The second-order valence-electron chi connectivity index (χ2n) is 10.7. The number of rotatable bonds is 5. The van der Waals surface area contributed by atoms with Crippen molar-refractivity contribution in [1.29, 1.82) is 0 Å². The molecule has 0 heterocycles. The Bertz CT molecular complexity index is 311. The summed E-state index contributed by atoms with van der Waals surface area (Å²) in [6.07, 6.45) is 32.7. The van der Waals surface area contributed by atoms with E-state index in [0.29, 0.717) is 0 Å². The van der Waals surface area contributed by atoms with E-state index >= 15 is 0 Å². The Morgan fingerprint density at radius 2 is 0.462 bits per heavy atom. The van der Waals surface area contributed by atoms with Crippen molar-refractivity contribution in [3.8, 4) is 0 Å². The van der Waals surface area contributed by atoms with Crippen LogP contribution >= 0.6 is 0 Å². The monoisotopic (exact) mass is 390 g/mol. The highest BCUT2D eigenvalue weighted by atomic mass is 29.2. The van der Waals surface area contributed by atoms with Crippen LogP contribution in [-0.4, -0.2) is 16.6 Å². The third-order valence-electron chi connectivity index (χ3n) is 9.22. The fourth-order valence-electron chi connectivity index (χ4n) is 8.10. The Labute approximate surface area is 167 Å². The first-order chi connectivity index (χ1) is 12.9. The van der Waals surface area contributed by atoms with Gasteiger partial charge in [0.25, 0.3) is 0 Å². The largest absolute Gasteiger partial charge is 0.0533 e. The predicted octanol–water partition coefficient (Wildman–Crippen LogP) is 7.86. The van der Waals surface area contributed by atoms with Crippen molar-refractivity contribution in [1.82, 2.24) is 0 Å². The van der Waals surface area contributed by atoms with E-state index < -0.39 is 16.6 Å². The van der Waals surface area contributed by atoms with Crippen LogP contribution in [0.2, 0.25) is 22.2 Å². The molecule has 0 saturated heterocycles. The summed E-state index contributed by atoms with van der Waals surface area (Å²) in [5.74, 6) is 0. The SMILES string of the molecule is C1CCC([SiH](C2CCCCC2)[SiH](C2CCCCC2)C2CCCCC2)CC1. The topological polar surface area (TPSA) is 0 Å². The van der Waals surface area contributed by atoms with Crippen LogP contribution in [0.15, 0.2) is 0 Å². The van der Waals surface area contributed by atoms with Crippen LogP contribution in [0.3, 0.4) is 0 Å². The van der Waals surface area contributed by atoms with E-state index in [1.807, 2.05) is 0 Å². The third-order valence-corrected chi connectivity index (χ3v) is 26.3. The number of hydrogen-bond donors (Lipinski definition) is 0. The van der Waals surface area contributed by atoms with Crippen LogP contribution in [0.1, 0.15) is 128 Å². The Morgan fingerprint density at radius 1 is 0.269 bits per heavy atom. The van der Waals surface area contributed by atoms with Crippen molar-refractivity contribution in [3.05, 3.63) is 0 Å². The van der Waals surface area contributed by atoms with Crippen molar-refractivity contribution in [2.45, 2.75) is 151 Å². The van der Waals surface area contributed by atoms with Gasteiger partial charge in [-0.15, -0.1) is 0 Å². The molecule has 4 rings (SSSR count). The van der Waals surface area contributed by atoms with Gasteiger partial charge in [0.1, 0.15) is 0 Å². The Balaban J connectivity index is 1.59. The molecule has 4 fully saturated rings. The molecule has 0 aromatic heterocycles. The highest BCUT2D eigenvalue weighted by molar-refractivity contribution is 7.24. The van der Waals surface area contributed by atoms with Gasteiger partial charge in [-0.3, -0.25) is 0 Å². The molecule has 150 valence electrons. The lowest BCUT2D eigenvalue weighted by atomic mass is 9.99. The standard InChI is InChI=1S/C24H46Si2/c1-5-13-21(14-6-1)25(22-15-7-2-8-16-22)26(23-17-9-3-10-18-23)24-19-11-4-12-20-24/h21-26H,1-20H2. The average Bonchev–Trinajstić information content (AvgIpc) is 2.74. The van der Waals surface area contributed by atoms with Gasteiger partial charge in [0.15, 0.2) is 0 Å². The van der Waals surface area contributed by atoms with E-state index in [0.717, 1.165) is 0 Å². The maximum atomic E-state index is 1.69. The molecule has 0 spiro atoms. The normalized spacial score (nSPS) is 28.8. The smallest absolute Gasteiger partial charge is 0.0346 e. The zero-order valence-corrected chi connectivity index (χ0v) is 19.9. The lowest BCUT2D eigenvalue weighted by Crippen LogP contribution is -2.50. The maximum Gasteiger partial charge on any atom is 0.0346 e. The summed E-state index contributed by atoms with van der Waals surface area (Å²) in [5, 5.41) is 0. The van der Waals surface area contributed by atoms with Gasteiger partial charge in [0.05, 0.1) is 0 Å². The number of hydrogen-bond acceptors (Lipinski definition) is 0. The van der Waals surface area contributed by atoms with Crippen molar-refractivity contribution in [2.24, 2.45) is 0 Å².